The summed E-state index contributed by atoms with van der Waals surface area (Å²) >= 11 is 0. The standard InChI is InChI=1S/C23H23N3O2/c1-13-9-16-10-20(27-3)21(28-4)11-18(16)23-19(12-24)22(14(2)26(13)23)15-5-7-17(25)8-6-15/h5-8,10-11,13H,9,25H2,1-4H3. The Kier molecular flexibility index (Phi) is 4.27. The number of anilines is 1. The number of ether oxygens (including phenoxy) is 2. The molecule has 0 aliphatic carbocycles. The van der Waals surface area contributed by atoms with Crippen molar-refractivity contribution in [2.24, 2.45) is 0 Å². The van der Waals surface area contributed by atoms with Gasteiger partial charge in [-0.2, -0.15) is 5.26 Å². The van der Waals surface area contributed by atoms with Gasteiger partial charge < -0.3 is 19.8 Å². The fraction of sp³-hybridized carbons (Fsp3) is 0.261. The zero-order chi connectivity index (χ0) is 20.0. The highest BCUT2D eigenvalue weighted by molar-refractivity contribution is 5.86. The largest absolute Gasteiger partial charge is 0.493 e. The molecule has 0 saturated carbocycles. The van der Waals surface area contributed by atoms with E-state index in [1.54, 1.807) is 14.2 Å². The molecule has 3 aromatic rings. The first-order valence-electron chi connectivity index (χ1n) is 9.26. The lowest BCUT2D eigenvalue weighted by Crippen LogP contribution is -2.17. The van der Waals surface area contributed by atoms with E-state index < -0.39 is 0 Å². The lowest BCUT2D eigenvalue weighted by atomic mass is 9.91. The molecule has 2 aromatic carbocycles. The van der Waals surface area contributed by atoms with Crippen LogP contribution < -0.4 is 15.2 Å². The number of nitrogens with zero attached hydrogens (tertiary/aromatic N) is 2. The van der Waals surface area contributed by atoms with Gasteiger partial charge in [-0.25, -0.2) is 0 Å². The minimum absolute atomic E-state index is 0.232. The SMILES string of the molecule is COc1cc2c(cc1OC)-c1c(C#N)c(-c3ccc(N)cc3)c(C)n1C(C)C2. The summed E-state index contributed by atoms with van der Waals surface area (Å²) in [6, 6.07) is 14.4. The zero-order valence-corrected chi connectivity index (χ0v) is 16.5. The lowest BCUT2D eigenvalue weighted by Gasteiger charge is -2.28. The molecule has 2 heterocycles. The minimum atomic E-state index is 0.232. The average molecular weight is 373 g/mol. The molecule has 5 heteroatoms. The number of nitriles is 1. The van der Waals surface area contributed by atoms with Crippen molar-refractivity contribution in [1.29, 1.82) is 5.26 Å². The Morgan fingerprint density at radius 3 is 2.36 bits per heavy atom. The van der Waals surface area contributed by atoms with Gasteiger partial charge in [0.05, 0.1) is 25.5 Å². The van der Waals surface area contributed by atoms with Crippen molar-refractivity contribution in [2.75, 3.05) is 20.0 Å². The summed E-state index contributed by atoms with van der Waals surface area (Å²) in [5.41, 5.74) is 13.4. The van der Waals surface area contributed by atoms with Gasteiger partial charge in [0.2, 0.25) is 0 Å². The summed E-state index contributed by atoms with van der Waals surface area (Å²) in [6.07, 6.45) is 0.865. The van der Waals surface area contributed by atoms with Crippen molar-refractivity contribution in [2.45, 2.75) is 26.3 Å². The Morgan fingerprint density at radius 1 is 1.11 bits per heavy atom. The van der Waals surface area contributed by atoms with Gasteiger partial charge in [-0.1, -0.05) is 12.1 Å². The van der Waals surface area contributed by atoms with E-state index in [0.717, 1.165) is 40.1 Å². The van der Waals surface area contributed by atoms with Crippen LogP contribution in [0.3, 0.4) is 0 Å². The molecule has 0 fully saturated rings. The number of fused-ring (bicyclic) bond motifs is 3. The zero-order valence-electron chi connectivity index (χ0n) is 16.5. The molecule has 0 radical (unpaired) electrons. The summed E-state index contributed by atoms with van der Waals surface area (Å²) in [5, 5.41) is 10.1. The fourth-order valence-electron chi connectivity index (χ4n) is 4.36. The quantitative estimate of drug-likeness (QED) is 0.674. The smallest absolute Gasteiger partial charge is 0.161 e. The Balaban J connectivity index is 2.04. The van der Waals surface area contributed by atoms with E-state index in [1.807, 2.05) is 36.4 Å². The number of benzene rings is 2. The lowest BCUT2D eigenvalue weighted by molar-refractivity contribution is 0.354. The molecule has 0 saturated heterocycles. The normalized spacial score (nSPS) is 14.8. The molecule has 4 rings (SSSR count). The molecule has 1 aliphatic heterocycles. The third-order valence-electron chi connectivity index (χ3n) is 5.58. The highest BCUT2D eigenvalue weighted by Crippen LogP contribution is 2.47. The van der Waals surface area contributed by atoms with Gasteiger partial charge in [0.1, 0.15) is 6.07 Å². The summed E-state index contributed by atoms with van der Waals surface area (Å²) in [5.74, 6) is 1.38. The minimum Gasteiger partial charge on any atom is -0.493 e. The van der Waals surface area contributed by atoms with Crippen LogP contribution in [0, 0.1) is 18.3 Å². The molecular formula is C23H23N3O2. The van der Waals surface area contributed by atoms with Crippen LogP contribution in [0.15, 0.2) is 36.4 Å². The number of methoxy groups -OCH3 is 2. The molecule has 1 aromatic heterocycles. The van der Waals surface area contributed by atoms with Gasteiger partial charge in [0, 0.05) is 28.6 Å². The molecule has 1 unspecified atom stereocenters. The van der Waals surface area contributed by atoms with Crippen LogP contribution in [0.1, 0.15) is 29.8 Å². The van der Waals surface area contributed by atoms with Crippen molar-refractivity contribution < 1.29 is 9.47 Å². The average Bonchev–Trinajstić information content (AvgIpc) is 3.00. The predicted octanol–water partition coefficient (Wildman–Crippen LogP) is 4.72. The van der Waals surface area contributed by atoms with E-state index in [9.17, 15) is 5.26 Å². The van der Waals surface area contributed by atoms with Gasteiger partial charge in [-0.15, -0.1) is 0 Å². The first-order chi connectivity index (χ1) is 13.5. The van der Waals surface area contributed by atoms with Gasteiger partial charge in [-0.05, 0) is 55.7 Å². The van der Waals surface area contributed by atoms with Crippen LogP contribution in [-0.4, -0.2) is 18.8 Å². The van der Waals surface area contributed by atoms with Crippen molar-refractivity contribution in [1.82, 2.24) is 4.57 Å². The van der Waals surface area contributed by atoms with Gasteiger partial charge in [0.25, 0.3) is 0 Å². The van der Waals surface area contributed by atoms with E-state index in [2.05, 4.69) is 24.5 Å². The van der Waals surface area contributed by atoms with Crippen molar-refractivity contribution in [3.8, 4) is 40.0 Å². The van der Waals surface area contributed by atoms with Gasteiger partial charge in [-0.3, -0.25) is 0 Å². The molecule has 2 N–H and O–H groups in total. The van der Waals surface area contributed by atoms with Crippen LogP contribution in [0.5, 0.6) is 11.5 Å². The van der Waals surface area contributed by atoms with E-state index in [1.165, 1.54) is 0 Å². The van der Waals surface area contributed by atoms with Gasteiger partial charge in [0.15, 0.2) is 11.5 Å². The van der Waals surface area contributed by atoms with Crippen molar-refractivity contribution in [3.05, 3.63) is 53.2 Å². The van der Waals surface area contributed by atoms with Crippen LogP contribution in [0.4, 0.5) is 5.69 Å². The second-order valence-electron chi connectivity index (χ2n) is 7.21. The van der Waals surface area contributed by atoms with Crippen molar-refractivity contribution in [3.63, 3.8) is 0 Å². The first kappa shape index (κ1) is 18.0. The molecule has 28 heavy (non-hydrogen) atoms. The fourth-order valence-corrected chi connectivity index (χ4v) is 4.36. The number of hydrogen-bond donors (Lipinski definition) is 1. The molecule has 0 amide bonds. The molecule has 1 aliphatic rings. The Labute approximate surface area is 164 Å². The maximum absolute atomic E-state index is 10.1. The van der Waals surface area contributed by atoms with E-state index in [4.69, 9.17) is 15.2 Å². The maximum atomic E-state index is 10.1. The topological polar surface area (TPSA) is 73.2 Å². The maximum Gasteiger partial charge on any atom is 0.161 e. The third-order valence-corrected chi connectivity index (χ3v) is 5.58. The van der Waals surface area contributed by atoms with Crippen LogP contribution >= 0.6 is 0 Å². The van der Waals surface area contributed by atoms with E-state index in [0.29, 0.717) is 22.7 Å². The van der Waals surface area contributed by atoms with Crippen LogP contribution in [0.25, 0.3) is 22.4 Å². The number of hydrogen-bond acceptors (Lipinski definition) is 4. The molecule has 5 nitrogen and oxygen atoms in total. The Hall–Kier alpha value is -3.39. The van der Waals surface area contributed by atoms with Crippen LogP contribution in [0.2, 0.25) is 0 Å². The number of rotatable bonds is 3. The molecule has 0 spiro atoms. The Morgan fingerprint density at radius 2 is 1.75 bits per heavy atom. The van der Waals surface area contributed by atoms with Crippen molar-refractivity contribution >= 4 is 5.69 Å². The number of nitrogen functional groups attached to an aromatic ring is 1. The second kappa shape index (κ2) is 6.65. The molecule has 1 atom stereocenters. The molecule has 142 valence electrons. The summed E-state index contributed by atoms with van der Waals surface area (Å²) in [7, 11) is 3.27. The first-order valence-corrected chi connectivity index (χ1v) is 9.26. The third kappa shape index (κ3) is 2.53. The molecular weight excluding hydrogens is 350 g/mol. The monoisotopic (exact) mass is 373 g/mol. The highest BCUT2D eigenvalue weighted by Gasteiger charge is 2.31. The summed E-state index contributed by atoms with van der Waals surface area (Å²) in [6.45, 7) is 4.27. The predicted molar refractivity (Wildman–Crippen MR) is 111 cm³/mol. The molecule has 0 bridgehead atoms. The Bertz CT molecular complexity index is 1100. The second-order valence-corrected chi connectivity index (χ2v) is 7.21. The van der Waals surface area contributed by atoms with Gasteiger partial charge >= 0.3 is 0 Å². The summed E-state index contributed by atoms with van der Waals surface area (Å²) < 4.78 is 13.3. The number of nitrogens with two attached hydrogens (primary N) is 1. The highest BCUT2D eigenvalue weighted by atomic mass is 16.5. The number of aromatic nitrogens is 1. The van der Waals surface area contributed by atoms with Crippen LogP contribution in [-0.2, 0) is 6.42 Å². The summed E-state index contributed by atoms with van der Waals surface area (Å²) in [4.78, 5) is 0. The van der Waals surface area contributed by atoms with E-state index in [-0.39, 0.29) is 6.04 Å². The van der Waals surface area contributed by atoms with E-state index >= 15 is 0 Å².